The molecular formula is C19H16FN3O2. The molecule has 2 N–H and O–H groups in total. The largest absolute Gasteiger partial charge is 0.361 e. The van der Waals surface area contributed by atoms with Gasteiger partial charge in [0.2, 0.25) is 5.91 Å². The third-order valence-electron chi connectivity index (χ3n) is 4.49. The van der Waals surface area contributed by atoms with Crippen molar-refractivity contribution in [3.05, 3.63) is 71.7 Å². The normalized spacial score (nSPS) is 17.6. The third-order valence-corrected chi connectivity index (χ3v) is 4.49. The molecule has 126 valence electrons. The summed E-state index contributed by atoms with van der Waals surface area (Å²) < 4.78 is 14.3. The first-order valence-corrected chi connectivity index (χ1v) is 8.06. The number of amides is 2. The lowest BCUT2D eigenvalue weighted by Crippen LogP contribution is -2.52. The van der Waals surface area contributed by atoms with Crippen molar-refractivity contribution >= 4 is 22.7 Å². The van der Waals surface area contributed by atoms with Gasteiger partial charge < -0.3 is 15.2 Å². The number of benzene rings is 2. The van der Waals surface area contributed by atoms with Gasteiger partial charge in [-0.05, 0) is 18.2 Å². The van der Waals surface area contributed by atoms with Crippen LogP contribution >= 0.6 is 0 Å². The molecule has 5 nitrogen and oxygen atoms in total. The predicted molar refractivity (Wildman–Crippen MR) is 91.5 cm³/mol. The summed E-state index contributed by atoms with van der Waals surface area (Å²) in [6.07, 6.45) is 1.76. The molecule has 2 heterocycles. The van der Waals surface area contributed by atoms with Gasteiger partial charge in [0.15, 0.2) is 0 Å². The van der Waals surface area contributed by atoms with E-state index in [1.807, 2.05) is 12.1 Å². The minimum absolute atomic E-state index is 0.201. The first kappa shape index (κ1) is 15.4. The molecule has 1 aliphatic rings. The molecule has 1 aliphatic heterocycles. The van der Waals surface area contributed by atoms with Gasteiger partial charge in [0, 0.05) is 30.2 Å². The molecular weight excluding hydrogens is 321 g/mol. The molecule has 0 saturated carbocycles. The topological polar surface area (TPSA) is 65.2 Å². The van der Waals surface area contributed by atoms with Crippen LogP contribution in [0, 0.1) is 5.82 Å². The number of halogens is 1. The SMILES string of the molecule is O=C1NCCN(C(=O)c2cccc3cc[nH]c23)C1c1ccccc1F. The number of piperazine rings is 1. The Hall–Kier alpha value is -3.15. The van der Waals surface area contributed by atoms with Crippen LogP contribution in [0.3, 0.4) is 0 Å². The van der Waals surface area contributed by atoms with Crippen LogP contribution in [0.25, 0.3) is 10.9 Å². The van der Waals surface area contributed by atoms with Gasteiger partial charge in [-0.2, -0.15) is 0 Å². The van der Waals surface area contributed by atoms with Crippen molar-refractivity contribution in [1.29, 1.82) is 0 Å². The molecule has 2 amide bonds. The Kier molecular flexibility index (Phi) is 3.72. The number of carbonyl (C=O) groups is 2. The summed E-state index contributed by atoms with van der Waals surface area (Å²) >= 11 is 0. The summed E-state index contributed by atoms with van der Waals surface area (Å²) in [5.74, 6) is -1.17. The van der Waals surface area contributed by atoms with E-state index in [9.17, 15) is 14.0 Å². The van der Waals surface area contributed by atoms with Gasteiger partial charge in [-0.1, -0.05) is 30.3 Å². The Bertz CT molecular complexity index is 966. The number of nitrogens with zero attached hydrogens (tertiary/aromatic N) is 1. The van der Waals surface area contributed by atoms with Crippen LogP contribution in [0.1, 0.15) is 22.0 Å². The quantitative estimate of drug-likeness (QED) is 0.755. The lowest BCUT2D eigenvalue weighted by atomic mass is 10.00. The van der Waals surface area contributed by atoms with Crippen molar-refractivity contribution < 1.29 is 14.0 Å². The number of carbonyl (C=O) groups excluding carboxylic acids is 2. The summed E-state index contributed by atoms with van der Waals surface area (Å²) in [4.78, 5) is 30.1. The van der Waals surface area contributed by atoms with Gasteiger partial charge in [0.25, 0.3) is 5.91 Å². The van der Waals surface area contributed by atoms with E-state index in [0.29, 0.717) is 24.2 Å². The highest BCUT2D eigenvalue weighted by molar-refractivity contribution is 6.07. The second-order valence-corrected chi connectivity index (χ2v) is 5.96. The molecule has 0 bridgehead atoms. The standard InChI is InChI=1S/C19H16FN3O2/c20-15-7-2-1-5-13(15)17-18(24)22-10-11-23(17)19(25)14-6-3-4-12-8-9-21-16(12)14/h1-9,17,21H,10-11H2,(H,22,24). The number of aromatic nitrogens is 1. The van der Waals surface area contributed by atoms with Crippen molar-refractivity contribution in [3.63, 3.8) is 0 Å². The number of fused-ring (bicyclic) bond motifs is 1. The summed E-state index contributed by atoms with van der Waals surface area (Å²) in [6, 6.07) is 12.4. The Balaban J connectivity index is 1.79. The molecule has 6 heteroatoms. The molecule has 1 aromatic heterocycles. The van der Waals surface area contributed by atoms with Gasteiger partial charge >= 0.3 is 0 Å². The molecule has 1 saturated heterocycles. The number of H-pyrrole nitrogens is 1. The molecule has 0 radical (unpaired) electrons. The molecule has 1 unspecified atom stereocenters. The molecule has 25 heavy (non-hydrogen) atoms. The summed E-state index contributed by atoms with van der Waals surface area (Å²) in [5, 5.41) is 3.63. The summed E-state index contributed by atoms with van der Waals surface area (Å²) in [5.41, 5.74) is 1.39. The lowest BCUT2D eigenvalue weighted by Gasteiger charge is -2.35. The zero-order valence-electron chi connectivity index (χ0n) is 13.3. The van der Waals surface area contributed by atoms with E-state index < -0.39 is 11.9 Å². The van der Waals surface area contributed by atoms with E-state index in [0.717, 1.165) is 5.39 Å². The van der Waals surface area contributed by atoms with E-state index in [2.05, 4.69) is 10.3 Å². The highest BCUT2D eigenvalue weighted by Gasteiger charge is 2.36. The summed E-state index contributed by atoms with van der Waals surface area (Å²) in [6.45, 7) is 0.664. The Morgan fingerprint density at radius 3 is 2.80 bits per heavy atom. The lowest BCUT2D eigenvalue weighted by molar-refractivity contribution is -0.128. The highest BCUT2D eigenvalue weighted by atomic mass is 19.1. The molecule has 1 atom stereocenters. The summed E-state index contributed by atoms with van der Waals surface area (Å²) in [7, 11) is 0. The minimum Gasteiger partial charge on any atom is -0.361 e. The first-order valence-electron chi connectivity index (χ1n) is 8.06. The monoisotopic (exact) mass is 337 g/mol. The van der Waals surface area contributed by atoms with Gasteiger partial charge in [-0.25, -0.2) is 4.39 Å². The zero-order valence-corrected chi connectivity index (χ0v) is 13.3. The third kappa shape index (κ3) is 2.55. The van der Waals surface area contributed by atoms with Gasteiger partial charge in [-0.3, -0.25) is 9.59 Å². The van der Waals surface area contributed by atoms with Crippen molar-refractivity contribution in [3.8, 4) is 0 Å². The molecule has 0 aliphatic carbocycles. The molecule has 1 fully saturated rings. The molecule has 3 aromatic rings. The number of para-hydroxylation sites is 1. The van der Waals surface area contributed by atoms with Crippen LogP contribution < -0.4 is 5.32 Å². The number of hydrogen-bond donors (Lipinski definition) is 2. The molecule has 0 spiro atoms. The number of rotatable bonds is 2. The van der Waals surface area contributed by atoms with Crippen LogP contribution in [-0.4, -0.2) is 34.8 Å². The first-order chi connectivity index (χ1) is 12.2. The number of hydrogen-bond acceptors (Lipinski definition) is 2. The van der Waals surface area contributed by atoms with Crippen molar-refractivity contribution in [1.82, 2.24) is 15.2 Å². The number of aromatic amines is 1. The fourth-order valence-corrected chi connectivity index (χ4v) is 3.31. The van der Waals surface area contributed by atoms with E-state index in [-0.39, 0.29) is 17.4 Å². The van der Waals surface area contributed by atoms with Crippen molar-refractivity contribution in [2.45, 2.75) is 6.04 Å². The van der Waals surface area contributed by atoms with Crippen LogP contribution in [0.15, 0.2) is 54.7 Å². The minimum atomic E-state index is -0.979. The Morgan fingerprint density at radius 1 is 1.12 bits per heavy atom. The van der Waals surface area contributed by atoms with Gasteiger partial charge in [0.1, 0.15) is 11.9 Å². The fourth-order valence-electron chi connectivity index (χ4n) is 3.31. The van der Waals surface area contributed by atoms with Crippen LogP contribution in [0.5, 0.6) is 0 Å². The van der Waals surface area contributed by atoms with Crippen LogP contribution in [-0.2, 0) is 4.79 Å². The Morgan fingerprint density at radius 2 is 1.96 bits per heavy atom. The average molecular weight is 337 g/mol. The zero-order chi connectivity index (χ0) is 17.4. The smallest absolute Gasteiger partial charge is 0.257 e. The highest BCUT2D eigenvalue weighted by Crippen LogP contribution is 2.28. The second kappa shape index (κ2) is 6.05. The molecule has 2 aromatic carbocycles. The van der Waals surface area contributed by atoms with Crippen molar-refractivity contribution in [2.24, 2.45) is 0 Å². The number of nitrogens with one attached hydrogen (secondary N) is 2. The fraction of sp³-hybridized carbons (Fsp3) is 0.158. The predicted octanol–water partition coefficient (Wildman–Crippen LogP) is 2.62. The molecule has 4 rings (SSSR count). The maximum atomic E-state index is 14.3. The van der Waals surface area contributed by atoms with Crippen LogP contribution in [0.2, 0.25) is 0 Å². The van der Waals surface area contributed by atoms with Crippen molar-refractivity contribution in [2.75, 3.05) is 13.1 Å². The van der Waals surface area contributed by atoms with Gasteiger partial charge in [-0.15, -0.1) is 0 Å². The van der Waals surface area contributed by atoms with E-state index >= 15 is 0 Å². The van der Waals surface area contributed by atoms with Crippen LogP contribution in [0.4, 0.5) is 4.39 Å². The average Bonchev–Trinajstić information content (AvgIpc) is 3.10. The van der Waals surface area contributed by atoms with E-state index in [1.165, 1.54) is 11.0 Å². The van der Waals surface area contributed by atoms with E-state index in [4.69, 9.17) is 0 Å². The maximum Gasteiger partial charge on any atom is 0.257 e. The Labute approximate surface area is 143 Å². The van der Waals surface area contributed by atoms with Gasteiger partial charge in [0.05, 0.1) is 11.1 Å². The van der Waals surface area contributed by atoms with E-state index in [1.54, 1.807) is 36.5 Å². The second-order valence-electron chi connectivity index (χ2n) is 5.96. The maximum absolute atomic E-state index is 14.3.